The maximum absolute atomic E-state index is 12.0. The summed E-state index contributed by atoms with van der Waals surface area (Å²) in [4.78, 5) is 17.8. The van der Waals surface area contributed by atoms with Crippen LogP contribution in [-0.4, -0.2) is 35.4 Å². The zero-order valence-electron chi connectivity index (χ0n) is 9.22. The molecule has 0 aliphatic carbocycles. The number of hydrogen-bond acceptors (Lipinski definition) is 2. The average molecular weight is 218 g/mol. The van der Waals surface area contributed by atoms with E-state index in [0.29, 0.717) is 18.0 Å². The number of hydrogen-bond donors (Lipinski definition) is 0. The van der Waals surface area contributed by atoms with E-state index in [4.69, 9.17) is 5.73 Å². The molecular formula is C12H16N3O. The topological polar surface area (TPSA) is 57.0 Å². The van der Waals surface area contributed by atoms with E-state index in [0.717, 1.165) is 25.9 Å². The molecule has 1 amide bonds. The van der Waals surface area contributed by atoms with Crippen molar-refractivity contribution in [3.05, 3.63) is 30.1 Å². The lowest BCUT2D eigenvalue weighted by molar-refractivity contribution is 0.0692. The summed E-state index contributed by atoms with van der Waals surface area (Å²) in [5.41, 5.74) is 8.03. The maximum Gasteiger partial charge on any atom is 0.253 e. The van der Waals surface area contributed by atoms with Crippen molar-refractivity contribution in [1.29, 1.82) is 0 Å². The third kappa shape index (κ3) is 2.39. The van der Waals surface area contributed by atoms with Crippen molar-refractivity contribution in [3.63, 3.8) is 0 Å². The Bertz CT molecular complexity index is 345. The van der Waals surface area contributed by atoms with Crippen molar-refractivity contribution in [1.82, 2.24) is 15.6 Å². The molecule has 0 spiro atoms. The number of piperidine rings is 1. The van der Waals surface area contributed by atoms with Crippen molar-refractivity contribution >= 4 is 5.91 Å². The minimum absolute atomic E-state index is 0.0887. The van der Waals surface area contributed by atoms with E-state index in [1.165, 1.54) is 0 Å². The third-order valence-corrected chi connectivity index (χ3v) is 3.12. The summed E-state index contributed by atoms with van der Waals surface area (Å²) >= 11 is 0. The van der Waals surface area contributed by atoms with Gasteiger partial charge in [-0.3, -0.25) is 15.5 Å². The molecule has 1 radical (unpaired) electrons. The summed E-state index contributed by atoms with van der Waals surface area (Å²) in [5.74, 6) is 0.562. The predicted octanol–water partition coefficient (Wildman–Crippen LogP) is 1.22. The second-order valence-electron chi connectivity index (χ2n) is 4.18. The number of aromatic nitrogens is 1. The summed E-state index contributed by atoms with van der Waals surface area (Å²) < 4.78 is 0. The van der Waals surface area contributed by atoms with Crippen LogP contribution in [0.5, 0.6) is 0 Å². The highest BCUT2D eigenvalue weighted by Gasteiger charge is 2.22. The summed E-state index contributed by atoms with van der Waals surface area (Å²) in [7, 11) is 0. The Hall–Kier alpha value is -1.42. The normalized spacial score (nSPS) is 17.4. The van der Waals surface area contributed by atoms with E-state index in [2.05, 4.69) is 4.98 Å². The molecule has 1 saturated heterocycles. The number of carbonyl (C=O) groups excluding carboxylic acids is 1. The van der Waals surface area contributed by atoms with Gasteiger partial charge in [0, 0.05) is 37.6 Å². The largest absolute Gasteiger partial charge is 0.339 e. The maximum atomic E-state index is 12.0. The molecule has 2 rings (SSSR count). The zero-order chi connectivity index (χ0) is 11.4. The molecule has 0 atom stereocenters. The molecule has 16 heavy (non-hydrogen) atoms. The molecule has 0 bridgehead atoms. The number of nitrogens with one attached hydrogen (secondary N) is 1. The molecule has 4 heteroatoms. The second kappa shape index (κ2) is 5.07. The highest BCUT2D eigenvalue weighted by molar-refractivity contribution is 5.94. The van der Waals surface area contributed by atoms with Gasteiger partial charge in [0.15, 0.2) is 0 Å². The average Bonchev–Trinajstić information content (AvgIpc) is 2.39. The first-order chi connectivity index (χ1) is 7.81. The van der Waals surface area contributed by atoms with Crippen LogP contribution in [0, 0.1) is 5.92 Å². The molecule has 1 aliphatic rings. The van der Waals surface area contributed by atoms with E-state index in [1.54, 1.807) is 24.5 Å². The number of rotatable bonds is 2. The Kier molecular flexibility index (Phi) is 3.51. The molecule has 4 nitrogen and oxygen atoms in total. The Balaban J connectivity index is 1.97. The van der Waals surface area contributed by atoms with Crippen molar-refractivity contribution in [2.45, 2.75) is 12.8 Å². The molecule has 85 valence electrons. The fraction of sp³-hybridized carbons (Fsp3) is 0.500. The minimum Gasteiger partial charge on any atom is -0.339 e. The molecular weight excluding hydrogens is 202 g/mol. The molecule has 0 saturated carbocycles. The van der Waals surface area contributed by atoms with E-state index < -0.39 is 0 Å². The molecule has 1 aromatic heterocycles. The van der Waals surface area contributed by atoms with Crippen LogP contribution in [0.3, 0.4) is 0 Å². The summed E-state index contributed by atoms with van der Waals surface area (Å²) in [6.07, 6.45) is 5.20. The quantitative estimate of drug-likeness (QED) is 0.749. The van der Waals surface area contributed by atoms with Crippen LogP contribution in [-0.2, 0) is 0 Å². The first-order valence-corrected chi connectivity index (χ1v) is 5.65. The monoisotopic (exact) mass is 218 g/mol. The molecule has 1 N–H and O–H groups in total. The van der Waals surface area contributed by atoms with Crippen LogP contribution in [0.1, 0.15) is 23.2 Å². The summed E-state index contributed by atoms with van der Waals surface area (Å²) in [6, 6.07) is 3.50. The first kappa shape index (κ1) is 11.1. The van der Waals surface area contributed by atoms with Crippen LogP contribution in [0.4, 0.5) is 0 Å². The first-order valence-electron chi connectivity index (χ1n) is 5.65. The van der Waals surface area contributed by atoms with Gasteiger partial charge in [0.05, 0.1) is 0 Å². The smallest absolute Gasteiger partial charge is 0.253 e. The van der Waals surface area contributed by atoms with Gasteiger partial charge in [-0.05, 0) is 30.9 Å². The SMILES string of the molecule is [NH]CC1CCN(C(=O)c2ccncc2)CC1. The van der Waals surface area contributed by atoms with Gasteiger partial charge in [0.1, 0.15) is 0 Å². The standard InChI is InChI=1S/C12H16N3O/c13-9-10-3-7-15(8-4-10)12(16)11-1-5-14-6-2-11/h1-2,5-6,10,13H,3-4,7-9H2. The Labute approximate surface area is 95.5 Å². The van der Waals surface area contributed by atoms with Gasteiger partial charge in [-0.25, -0.2) is 0 Å². The minimum atomic E-state index is 0.0887. The fourth-order valence-electron chi connectivity index (χ4n) is 2.02. The molecule has 0 aromatic carbocycles. The van der Waals surface area contributed by atoms with Crippen LogP contribution in [0.15, 0.2) is 24.5 Å². The number of nitrogens with zero attached hydrogens (tertiary/aromatic N) is 2. The number of likely N-dealkylation sites (tertiary alicyclic amines) is 1. The van der Waals surface area contributed by atoms with Gasteiger partial charge in [0.2, 0.25) is 0 Å². The second-order valence-corrected chi connectivity index (χ2v) is 4.18. The van der Waals surface area contributed by atoms with Gasteiger partial charge in [-0.15, -0.1) is 0 Å². The van der Waals surface area contributed by atoms with Crippen molar-refractivity contribution in [3.8, 4) is 0 Å². The predicted molar refractivity (Wildman–Crippen MR) is 60.8 cm³/mol. The number of pyridine rings is 1. The van der Waals surface area contributed by atoms with Gasteiger partial charge in [-0.1, -0.05) is 0 Å². The van der Waals surface area contributed by atoms with Crippen LogP contribution < -0.4 is 5.73 Å². The Morgan fingerprint density at radius 1 is 1.38 bits per heavy atom. The van der Waals surface area contributed by atoms with Crippen molar-refractivity contribution in [2.75, 3.05) is 19.6 Å². The zero-order valence-corrected chi connectivity index (χ0v) is 9.22. The molecule has 2 heterocycles. The Morgan fingerprint density at radius 2 is 2.00 bits per heavy atom. The molecule has 1 aromatic rings. The third-order valence-electron chi connectivity index (χ3n) is 3.12. The highest BCUT2D eigenvalue weighted by atomic mass is 16.2. The van der Waals surface area contributed by atoms with Crippen molar-refractivity contribution < 1.29 is 4.79 Å². The lowest BCUT2D eigenvalue weighted by atomic mass is 9.97. The van der Waals surface area contributed by atoms with E-state index in [9.17, 15) is 4.79 Å². The van der Waals surface area contributed by atoms with Gasteiger partial charge < -0.3 is 4.90 Å². The number of carbonyl (C=O) groups is 1. The van der Waals surface area contributed by atoms with Crippen molar-refractivity contribution in [2.24, 2.45) is 5.92 Å². The van der Waals surface area contributed by atoms with Gasteiger partial charge >= 0.3 is 0 Å². The Morgan fingerprint density at radius 3 is 2.56 bits per heavy atom. The van der Waals surface area contributed by atoms with E-state index in [-0.39, 0.29) is 5.91 Å². The summed E-state index contributed by atoms with van der Waals surface area (Å²) in [5, 5.41) is 0. The molecule has 1 aliphatic heterocycles. The van der Waals surface area contributed by atoms with E-state index in [1.807, 2.05) is 4.90 Å². The van der Waals surface area contributed by atoms with Crippen LogP contribution in [0.2, 0.25) is 0 Å². The van der Waals surface area contributed by atoms with Gasteiger partial charge in [-0.2, -0.15) is 0 Å². The number of amides is 1. The van der Waals surface area contributed by atoms with Gasteiger partial charge in [0.25, 0.3) is 5.91 Å². The lowest BCUT2D eigenvalue weighted by Gasteiger charge is -2.31. The van der Waals surface area contributed by atoms with Crippen LogP contribution in [0.25, 0.3) is 0 Å². The lowest BCUT2D eigenvalue weighted by Crippen LogP contribution is -2.39. The summed E-state index contributed by atoms with van der Waals surface area (Å²) in [6.45, 7) is 2.05. The molecule has 1 fully saturated rings. The van der Waals surface area contributed by atoms with E-state index >= 15 is 0 Å². The molecule has 0 unspecified atom stereocenters. The fourth-order valence-corrected chi connectivity index (χ4v) is 2.02. The highest BCUT2D eigenvalue weighted by Crippen LogP contribution is 2.17. The van der Waals surface area contributed by atoms with Crippen LogP contribution >= 0.6 is 0 Å².